The summed E-state index contributed by atoms with van der Waals surface area (Å²) in [6.07, 6.45) is 3.76. The first-order chi connectivity index (χ1) is 11.2. The van der Waals surface area contributed by atoms with Gasteiger partial charge in [0.15, 0.2) is 0 Å². The maximum Gasteiger partial charge on any atom is 0.321 e. The van der Waals surface area contributed by atoms with Crippen molar-refractivity contribution in [1.82, 2.24) is 20.7 Å². The van der Waals surface area contributed by atoms with Gasteiger partial charge in [-0.3, -0.25) is 10.9 Å². The number of thiazole rings is 1. The average Bonchev–Trinajstić information content (AvgIpc) is 3.24. The number of hydrazine groups is 1. The van der Waals surface area contributed by atoms with Gasteiger partial charge in [0.05, 0.1) is 15.7 Å². The smallest absolute Gasteiger partial charge is 0.321 e. The van der Waals surface area contributed by atoms with Gasteiger partial charge in [0.25, 0.3) is 0 Å². The van der Waals surface area contributed by atoms with Crippen LogP contribution in [-0.4, -0.2) is 41.6 Å². The molecule has 1 aromatic carbocycles. The number of likely N-dealkylation sites (N-methyl/N-ethyl adjacent to an activating group) is 1. The molecule has 2 fully saturated rings. The van der Waals surface area contributed by atoms with Crippen molar-refractivity contribution in [2.75, 3.05) is 18.9 Å². The summed E-state index contributed by atoms with van der Waals surface area (Å²) in [5.41, 5.74) is 10.3. The number of hydrogen-bond donors (Lipinski definition) is 3. The fraction of sp³-hybridized carbons (Fsp3) is 0.500. The van der Waals surface area contributed by atoms with Crippen LogP contribution in [0.25, 0.3) is 10.2 Å². The molecule has 0 radical (unpaired) electrons. The first-order valence-electron chi connectivity index (χ1n) is 8.07. The Morgan fingerprint density at radius 3 is 3.26 bits per heavy atom. The molecule has 3 unspecified atom stereocenters. The first-order valence-corrected chi connectivity index (χ1v) is 8.95. The van der Waals surface area contributed by atoms with Gasteiger partial charge in [-0.05, 0) is 37.0 Å². The van der Waals surface area contributed by atoms with Crippen LogP contribution in [0.2, 0.25) is 0 Å². The monoisotopic (exact) mass is 331 g/mol. The van der Waals surface area contributed by atoms with Crippen molar-refractivity contribution in [2.24, 2.45) is 5.92 Å². The van der Waals surface area contributed by atoms with E-state index in [0.717, 1.165) is 15.9 Å². The van der Waals surface area contributed by atoms with Crippen molar-refractivity contribution < 1.29 is 4.79 Å². The number of nitrogens with one attached hydrogen (secondary N) is 3. The molecule has 2 heterocycles. The number of carbonyl (C=O) groups is 1. The quantitative estimate of drug-likeness (QED) is 0.808. The molecular weight excluding hydrogens is 310 g/mol. The predicted molar refractivity (Wildman–Crippen MR) is 92.5 cm³/mol. The lowest BCUT2D eigenvalue weighted by molar-refractivity contribution is 0.213. The molecule has 6 nitrogen and oxygen atoms in total. The zero-order chi connectivity index (χ0) is 15.8. The molecule has 2 amide bonds. The summed E-state index contributed by atoms with van der Waals surface area (Å²) < 4.78 is 1.08. The Balaban J connectivity index is 1.38. The van der Waals surface area contributed by atoms with E-state index in [0.29, 0.717) is 24.5 Å². The number of aromatic nitrogens is 1. The molecule has 122 valence electrons. The van der Waals surface area contributed by atoms with Crippen LogP contribution >= 0.6 is 11.3 Å². The van der Waals surface area contributed by atoms with Gasteiger partial charge >= 0.3 is 6.03 Å². The van der Waals surface area contributed by atoms with E-state index in [4.69, 9.17) is 0 Å². The summed E-state index contributed by atoms with van der Waals surface area (Å²) in [4.78, 5) is 18.4. The lowest BCUT2D eigenvalue weighted by atomic mass is 9.97. The van der Waals surface area contributed by atoms with E-state index < -0.39 is 0 Å². The number of nitrogens with zero attached hydrogens (tertiary/aromatic N) is 2. The van der Waals surface area contributed by atoms with E-state index in [-0.39, 0.29) is 6.03 Å². The van der Waals surface area contributed by atoms with Crippen LogP contribution in [-0.2, 0) is 0 Å². The van der Waals surface area contributed by atoms with Gasteiger partial charge in [-0.15, -0.1) is 11.3 Å². The van der Waals surface area contributed by atoms with E-state index in [9.17, 15) is 4.79 Å². The lowest BCUT2D eigenvalue weighted by Crippen LogP contribution is -2.44. The van der Waals surface area contributed by atoms with Gasteiger partial charge in [0.2, 0.25) is 0 Å². The zero-order valence-corrected chi connectivity index (χ0v) is 13.9. The molecule has 7 heteroatoms. The largest absolute Gasteiger partial charge is 0.326 e. The normalized spacial score (nSPS) is 26.4. The fourth-order valence-corrected chi connectivity index (χ4v) is 4.40. The number of rotatable bonds is 3. The van der Waals surface area contributed by atoms with Gasteiger partial charge in [0.1, 0.15) is 0 Å². The number of anilines is 1. The van der Waals surface area contributed by atoms with Crippen LogP contribution in [0, 0.1) is 5.92 Å². The molecule has 0 bridgehead atoms. The average molecular weight is 331 g/mol. The number of amides is 2. The molecule has 4 rings (SSSR count). The van der Waals surface area contributed by atoms with Crippen LogP contribution in [0.3, 0.4) is 0 Å². The Kier molecular flexibility index (Phi) is 3.92. The molecule has 2 aliphatic rings. The highest BCUT2D eigenvalue weighted by Crippen LogP contribution is 2.31. The highest BCUT2D eigenvalue weighted by molar-refractivity contribution is 7.16. The highest BCUT2D eigenvalue weighted by atomic mass is 32.1. The molecule has 2 aromatic rings. The minimum atomic E-state index is -0.0721. The third-order valence-corrected chi connectivity index (χ3v) is 5.73. The summed E-state index contributed by atoms with van der Waals surface area (Å²) >= 11 is 1.58. The topological polar surface area (TPSA) is 69.3 Å². The van der Waals surface area contributed by atoms with E-state index >= 15 is 0 Å². The molecule has 1 saturated heterocycles. The van der Waals surface area contributed by atoms with Crippen molar-refractivity contribution in [1.29, 1.82) is 0 Å². The van der Waals surface area contributed by atoms with E-state index in [2.05, 4.69) is 21.2 Å². The summed E-state index contributed by atoms with van der Waals surface area (Å²) in [7, 11) is 1.85. The van der Waals surface area contributed by atoms with Gasteiger partial charge in [-0.1, -0.05) is 6.42 Å². The van der Waals surface area contributed by atoms with Crippen LogP contribution in [0.1, 0.15) is 19.3 Å². The minimum absolute atomic E-state index is 0.0721. The first kappa shape index (κ1) is 14.9. The number of hydrogen-bond acceptors (Lipinski definition) is 5. The third kappa shape index (κ3) is 2.91. The Morgan fingerprint density at radius 2 is 2.35 bits per heavy atom. The predicted octanol–water partition coefficient (Wildman–Crippen LogP) is 2.41. The van der Waals surface area contributed by atoms with Crippen molar-refractivity contribution in [3.63, 3.8) is 0 Å². The van der Waals surface area contributed by atoms with Crippen LogP contribution < -0.4 is 16.2 Å². The molecule has 1 aromatic heterocycles. The SMILES string of the molecule is CN(CC1NNC2CCCC21)C(=O)Nc1ccc2ncsc2c1. The Hall–Kier alpha value is -1.70. The minimum Gasteiger partial charge on any atom is -0.326 e. The van der Waals surface area contributed by atoms with E-state index in [1.807, 2.05) is 30.8 Å². The van der Waals surface area contributed by atoms with Gasteiger partial charge in [-0.25, -0.2) is 9.78 Å². The maximum atomic E-state index is 12.4. The number of fused-ring (bicyclic) bond motifs is 2. The summed E-state index contributed by atoms with van der Waals surface area (Å²) in [6.45, 7) is 0.711. The molecule has 3 atom stereocenters. The maximum absolute atomic E-state index is 12.4. The van der Waals surface area contributed by atoms with E-state index in [1.54, 1.807) is 16.2 Å². The van der Waals surface area contributed by atoms with Crippen molar-refractivity contribution in [2.45, 2.75) is 31.3 Å². The Labute approximate surface area is 139 Å². The second-order valence-electron chi connectivity index (χ2n) is 6.44. The van der Waals surface area contributed by atoms with Gasteiger partial charge < -0.3 is 10.2 Å². The number of benzene rings is 1. The van der Waals surface area contributed by atoms with Crippen LogP contribution in [0.15, 0.2) is 23.7 Å². The molecule has 1 aliphatic carbocycles. The van der Waals surface area contributed by atoms with Crippen molar-refractivity contribution >= 4 is 33.3 Å². The standard InChI is InChI=1S/C16H21N5OS/c1-21(8-14-11-3-2-4-12(11)19-20-14)16(22)18-10-5-6-13-15(7-10)23-9-17-13/h5-7,9,11-12,14,19-20H,2-4,8H2,1H3,(H,18,22). The molecule has 1 aliphatic heterocycles. The number of urea groups is 1. The molecular formula is C16H21N5OS. The molecule has 0 spiro atoms. The third-order valence-electron chi connectivity index (χ3n) is 4.94. The zero-order valence-electron chi connectivity index (χ0n) is 13.1. The Morgan fingerprint density at radius 1 is 1.43 bits per heavy atom. The number of carbonyl (C=O) groups excluding carboxylic acids is 1. The second kappa shape index (κ2) is 6.07. The summed E-state index contributed by atoms with van der Waals surface area (Å²) in [5.74, 6) is 0.638. The van der Waals surface area contributed by atoms with Crippen molar-refractivity contribution in [3.05, 3.63) is 23.7 Å². The fourth-order valence-electron chi connectivity index (χ4n) is 3.68. The highest BCUT2D eigenvalue weighted by Gasteiger charge is 2.39. The molecule has 3 N–H and O–H groups in total. The summed E-state index contributed by atoms with van der Waals surface area (Å²) in [6, 6.07) is 6.65. The second-order valence-corrected chi connectivity index (χ2v) is 7.33. The van der Waals surface area contributed by atoms with Crippen molar-refractivity contribution in [3.8, 4) is 0 Å². The van der Waals surface area contributed by atoms with Gasteiger partial charge in [0, 0.05) is 31.4 Å². The Bertz CT molecular complexity index is 717. The summed E-state index contributed by atoms with van der Waals surface area (Å²) in [5, 5.41) is 2.97. The van der Waals surface area contributed by atoms with Gasteiger partial charge in [-0.2, -0.15) is 0 Å². The molecule has 1 saturated carbocycles. The van der Waals surface area contributed by atoms with E-state index in [1.165, 1.54) is 19.3 Å². The van der Waals surface area contributed by atoms with Crippen LogP contribution in [0.5, 0.6) is 0 Å². The lowest BCUT2D eigenvalue weighted by Gasteiger charge is -2.24. The van der Waals surface area contributed by atoms with Crippen LogP contribution in [0.4, 0.5) is 10.5 Å². The molecule has 23 heavy (non-hydrogen) atoms.